The molecule has 0 fully saturated rings. The van der Waals surface area contributed by atoms with Crippen LogP contribution in [0.2, 0.25) is 0 Å². The average molecular weight is 311 g/mol. The zero-order valence-corrected chi connectivity index (χ0v) is 12.1. The minimum Gasteiger partial charge on any atom is -0.398 e. The SMILES string of the molecule is Cc1cscc1CNCc1ccc(N)c(Br)c1. The van der Waals surface area contributed by atoms with E-state index >= 15 is 0 Å². The number of hydrogen-bond donors (Lipinski definition) is 2. The molecular weight excluding hydrogens is 296 g/mol. The summed E-state index contributed by atoms with van der Waals surface area (Å²) in [4.78, 5) is 0. The number of anilines is 1. The molecule has 0 radical (unpaired) electrons. The predicted octanol–water partition coefficient (Wildman–Crippen LogP) is 3.69. The molecule has 2 rings (SSSR count). The Hall–Kier alpha value is -0.840. The van der Waals surface area contributed by atoms with Gasteiger partial charge in [0.05, 0.1) is 0 Å². The summed E-state index contributed by atoms with van der Waals surface area (Å²) in [7, 11) is 0. The van der Waals surface area contributed by atoms with Gasteiger partial charge in [-0.05, 0) is 62.4 Å². The summed E-state index contributed by atoms with van der Waals surface area (Å²) in [6.45, 7) is 3.92. The van der Waals surface area contributed by atoms with E-state index in [0.717, 1.165) is 23.2 Å². The molecule has 1 aromatic carbocycles. The topological polar surface area (TPSA) is 38.0 Å². The molecule has 0 aliphatic heterocycles. The third kappa shape index (κ3) is 3.31. The van der Waals surface area contributed by atoms with Crippen LogP contribution < -0.4 is 11.1 Å². The van der Waals surface area contributed by atoms with Crippen LogP contribution in [0.25, 0.3) is 0 Å². The van der Waals surface area contributed by atoms with Gasteiger partial charge in [0.2, 0.25) is 0 Å². The van der Waals surface area contributed by atoms with E-state index in [0.29, 0.717) is 0 Å². The number of nitrogens with two attached hydrogens (primary N) is 1. The van der Waals surface area contributed by atoms with E-state index in [1.807, 2.05) is 12.1 Å². The van der Waals surface area contributed by atoms with Crippen LogP contribution >= 0.6 is 27.3 Å². The lowest BCUT2D eigenvalue weighted by molar-refractivity contribution is 0.692. The second-order valence-electron chi connectivity index (χ2n) is 4.04. The van der Waals surface area contributed by atoms with E-state index in [9.17, 15) is 0 Å². The van der Waals surface area contributed by atoms with Crippen LogP contribution in [0.4, 0.5) is 5.69 Å². The quantitative estimate of drug-likeness (QED) is 0.845. The molecule has 0 aliphatic rings. The molecule has 0 saturated heterocycles. The van der Waals surface area contributed by atoms with E-state index in [-0.39, 0.29) is 0 Å². The fourth-order valence-corrected chi connectivity index (χ4v) is 2.87. The summed E-state index contributed by atoms with van der Waals surface area (Å²) >= 11 is 5.19. The highest BCUT2D eigenvalue weighted by molar-refractivity contribution is 9.10. The van der Waals surface area contributed by atoms with Crippen LogP contribution in [-0.2, 0) is 13.1 Å². The van der Waals surface area contributed by atoms with Gasteiger partial charge in [0.15, 0.2) is 0 Å². The molecule has 0 bridgehead atoms. The van der Waals surface area contributed by atoms with Crippen LogP contribution in [0.5, 0.6) is 0 Å². The molecule has 90 valence electrons. The van der Waals surface area contributed by atoms with Crippen molar-refractivity contribution in [3.63, 3.8) is 0 Å². The van der Waals surface area contributed by atoms with Gasteiger partial charge in [0, 0.05) is 23.2 Å². The first-order valence-electron chi connectivity index (χ1n) is 5.43. The number of hydrogen-bond acceptors (Lipinski definition) is 3. The van der Waals surface area contributed by atoms with Crippen molar-refractivity contribution in [3.8, 4) is 0 Å². The molecule has 1 heterocycles. The number of halogens is 1. The van der Waals surface area contributed by atoms with Crippen molar-refractivity contribution in [3.05, 3.63) is 50.1 Å². The highest BCUT2D eigenvalue weighted by atomic mass is 79.9. The number of aryl methyl sites for hydroxylation is 1. The van der Waals surface area contributed by atoms with Crippen molar-refractivity contribution in [1.29, 1.82) is 0 Å². The van der Waals surface area contributed by atoms with Crippen molar-refractivity contribution < 1.29 is 0 Å². The summed E-state index contributed by atoms with van der Waals surface area (Å²) < 4.78 is 0.962. The average Bonchev–Trinajstić information content (AvgIpc) is 2.70. The summed E-state index contributed by atoms with van der Waals surface area (Å²) in [5.41, 5.74) is 10.5. The highest BCUT2D eigenvalue weighted by Crippen LogP contribution is 2.20. The van der Waals surface area contributed by atoms with Gasteiger partial charge >= 0.3 is 0 Å². The van der Waals surface area contributed by atoms with Gasteiger partial charge in [0.25, 0.3) is 0 Å². The largest absolute Gasteiger partial charge is 0.398 e. The zero-order chi connectivity index (χ0) is 12.3. The maximum absolute atomic E-state index is 5.75. The molecule has 17 heavy (non-hydrogen) atoms. The first kappa shape index (κ1) is 12.6. The van der Waals surface area contributed by atoms with Crippen molar-refractivity contribution in [2.75, 3.05) is 5.73 Å². The Morgan fingerprint density at radius 2 is 2.12 bits per heavy atom. The normalized spacial score (nSPS) is 10.7. The van der Waals surface area contributed by atoms with Gasteiger partial charge in [0.1, 0.15) is 0 Å². The standard InChI is InChI=1S/C13H15BrN2S/c1-9-7-17-8-11(9)6-16-5-10-2-3-13(15)12(14)4-10/h2-4,7-8,16H,5-6,15H2,1H3. The van der Waals surface area contributed by atoms with E-state index < -0.39 is 0 Å². The van der Waals surface area contributed by atoms with Crippen molar-refractivity contribution in [2.24, 2.45) is 0 Å². The van der Waals surface area contributed by atoms with Crippen LogP contribution in [0.15, 0.2) is 33.4 Å². The van der Waals surface area contributed by atoms with Crippen LogP contribution in [0.3, 0.4) is 0 Å². The number of nitrogens with one attached hydrogen (secondary N) is 1. The van der Waals surface area contributed by atoms with Crippen LogP contribution in [0, 0.1) is 6.92 Å². The minimum atomic E-state index is 0.780. The van der Waals surface area contributed by atoms with E-state index in [1.165, 1.54) is 16.7 Å². The van der Waals surface area contributed by atoms with E-state index in [2.05, 4.69) is 45.0 Å². The molecule has 2 aromatic rings. The molecule has 0 saturated carbocycles. The Morgan fingerprint density at radius 3 is 2.76 bits per heavy atom. The van der Waals surface area contributed by atoms with Gasteiger partial charge in [-0.15, -0.1) is 0 Å². The zero-order valence-electron chi connectivity index (χ0n) is 9.66. The smallest absolute Gasteiger partial charge is 0.0458 e. The Bertz CT molecular complexity index is 508. The highest BCUT2D eigenvalue weighted by Gasteiger charge is 2.00. The van der Waals surface area contributed by atoms with Crippen molar-refractivity contribution >= 4 is 33.0 Å². The van der Waals surface area contributed by atoms with Gasteiger partial charge in [-0.2, -0.15) is 11.3 Å². The Labute approximate surface area is 114 Å². The maximum atomic E-state index is 5.75. The summed E-state index contributed by atoms with van der Waals surface area (Å²) in [5.74, 6) is 0. The fraction of sp³-hybridized carbons (Fsp3) is 0.231. The molecule has 1 aromatic heterocycles. The molecular formula is C13H15BrN2S. The monoisotopic (exact) mass is 310 g/mol. The fourth-order valence-electron chi connectivity index (χ4n) is 1.59. The Morgan fingerprint density at radius 1 is 1.29 bits per heavy atom. The minimum absolute atomic E-state index is 0.780. The van der Waals surface area contributed by atoms with E-state index in [1.54, 1.807) is 11.3 Å². The number of thiophene rings is 1. The first-order valence-corrected chi connectivity index (χ1v) is 7.16. The van der Waals surface area contributed by atoms with Gasteiger partial charge < -0.3 is 11.1 Å². The molecule has 3 N–H and O–H groups in total. The number of benzene rings is 1. The molecule has 0 atom stereocenters. The predicted molar refractivity (Wildman–Crippen MR) is 78.2 cm³/mol. The van der Waals surface area contributed by atoms with Crippen LogP contribution in [-0.4, -0.2) is 0 Å². The van der Waals surface area contributed by atoms with Gasteiger partial charge in [-0.3, -0.25) is 0 Å². The lowest BCUT2D eigenvalue weighted by Crippen LogP contribution is -2.12. The molecule has 0 spiro atoms. The van der Waals surface area contributed by atoms with Crippen molar-refractivity contribution in [1.82, 2.24) is 5.32 Å². The summed E-state index contributed by atoms with van der Waals surface area (Å²) in [5, 5.41) is 7.81. The molecule has 0 amide bonds. The Balaban J connectivity index is 1.90. The molecule has 0 aliphatic carbocycles. The summed E-state index contributed by atoms with van der Waals surface area (Å²) in [6, 6.07) is 6.04. The summed E-state index contributed by atoms with van der Waals surface area (Å²) in [6.07, 6.45) is 0. The molecule has 4 heteroatoms. The molecule has 0 unspecified atom stereocenters. The number of nitrogen functional groups attached to an aromatic ring is 1. The maximum Gasteiger partial charge on any atom is 0.0458 e. The number of rotatable bonds is 4. The molecule has 2 nitrogen and oxygen atoms in total. The van der Waals surface area contributed by atoms with Gasteiger partial charge in [-0.25, -0.2) is 0 Å². The lowest BCUT2D eigenvalue weighted by Gasteiger charge is -2.06. The third-order valence-corrected chi connectivity index (χ3v) is 4.27. The lowest BCUT2D eigenvalue weighted by atomic mass is 10.2. The second-order valence-corrected chi connectivity index (χ2v) is 5.64. The first-order chi connectivity index (χ1) is 8.16. The third-order valence-electron chi connectivity index (χ3n) is 2.67. The van der Waals surface area contributed by atoms with E-state index in [4.69, 9.17) is 5.73 Å². The second kappa shape index (κ2) is 5.67. The van der Waals surface area contributed by atoms with Crippen molar-refractivity contribution in [2.45, 2.75) is 20.0 Å². The van der Waals surface area contributed by atoms with Crippen LogP contribution in [0.1, 0.15) is 16.7 Å². The van der Waals surface area contributed by atoms with Gasteiger partial charge in [-0.1, -0.05) is 6.07 Å². The Kier molecular flexibility index (Phi) is 4.20.